The van der Waals surface area contributed by atoms with E-state index in [1.165, 1.54) is 6.92 Å². The average Bonchev–Trinajstić information content (AvgIpc) is 2.34. The van der Waals surface area contributed by atoms with Crippen LogP contribution in [0.5, 0.6) is 0 Å². The molecule has 0 aromatic heterocycles. The van der Waals surface area contributed by atoms with E-state index in [0.717, 1.165) is 0 Å². The van der Waals surface area contributed by atoms with Crippen LogP contribution in [0, 0.1) is 5.41 Å². The number of ether oxygens (including phenoxy) is 1. The Morgan fingerprint density at radius 3 is 2.14 bits per heavy atom. The number of amides is 1. The molecule has 21 heavy (non-hydrogen) atoms. The summed E-state index contributed by atoms with van der Waals surface area (Å²) in [6.07, 6.45) is 0.266. The molecule has 0 aliphatic heterocycles. The zero-order valence-corrected chi connectivity index (χ0v) is 12.9. The molecule has 0 fully saturated rings. The molecule has 0 aliphatic rings. The molecule has 0 bridgehead atoms. The number of benzene rings is 1. The van der Waals surface area contributed by atoms with Crippen LogP contribution in [0.4, 0.5) is 5.69 Å². The van der Waals surface area contributed by atoms with Gasteiger partial charge in [0, 0.05) is 18.2 Å². The zero-order chi connectivity index (χ0) is 16.0. The molecule has 0 unspecified atom stereocenters. The summed E-state index contributed by atoms with van der Waals surface area (Å²) >= 11 is 0. The Hall–Kier alpha value is -2.17. The molecule has 0 atom stereocenters. The highest BCUT2D eigenvalue weighted by molar-refractivity contribution is 5.98. The first-order valence-electron chi connectivity index (χ1n) is 6.74. The van der Waals surface area contributed by atoms with Gasteiger partial charge < -0.3 is 10.1 Å². The molecule has 0 aliphatic carbocycles. The number of carbonyl (C=O) groups excluding carboxylic acids is 3. The predicted octanol–water partition coefficient (Wildman–Crippen LogP) is 2.81. The van der Waals surface area contributed by atoms with Crippen molar-refractivity contribution in [3.63, 3.8) is 0 Å². The third-order valence-electron chi connectivity index (χ3n) is 2.57. The third-order valence-corrected chi connectivity index (χ3v) is 2.57. The van der Waals surface area contributed by atoms with E-state index in [4.69, 9.17) is 4.74 Å². The van der Waals surface area contributed by atoms with Gasteiger partial charge in [-0.15, -0.1) is 0 Å². The maximum Gasteiger partial charge on any atom is 0.306 e. The number of hydrogen-bond acceptors (Lipinski definition) is 4. The van der Waals surface area contributed by atoms with Crippen molar-refractivity contribution in [3.05, 3.63) is 29.8 Å². The summed E-state index contributed by atoms with van der Waals surface area (Å²) in [6, 6.07) is 6.44. The second-order valence-electron chi connectivity index (χ2n) is 6.08. The zero-order valence-electron chi connectivity index (χ0n) is 12.9. The minimum Gasteiger partial charge on any atom is -0.457 e. The van der Waals surface area contributed by atoms with Gasteiger partial charge in [-0.1, -0.05) is 20.8 Å². The van der Waals surface area contributed by atoms with Gasteiger partial charge in [0.15, 0.2) is 12.4 Å². The minimum absolute atomic E-state index is 0.167. The fourth-order valence-corrected chi connectivity index (χ4v) is 1.66. The van der Waals surface area contributed by atoms with E-state index in [9.17, 15) is 14.4 Å². The van der Waals surface area contributed by atoms with Crippen molar-refractivity contribution in [1.82, 2.24) is 0 Å². The lowest BCUT2D eigenvalue weighted by molar-refractivity contribution is -0.144. The molecule has 0 spiro atoms. The van der Waals surface area contributed by atoms with E-state index >= 15 is 0 Å². The van der Waals surface area contributed by atoms with Gasteiger partial charge in [-0.3, -0.25) is 14.4 Å². The summed E-state index contributed by atoms with van der Waals surface area (Å²) in [5.74, 6) is -0.831. The lowest BCUT2D eigenvalue weighted by Crippen LogP contribution is -2.19. The Kier molecular flexibility index (Phi) is 5.64. The van der Waals surface area contributed by atoms with E-state index in [1.807, 2.05) is 20.8 Å². The van der Waals surface area contributed by atoms with Crippen LogP contribution in [0.25, 0.3) is 0 Å². The summed E-state index contributed by atoms with van der Waals surface area (Å²) in [5.41, 5.74) is 0.886. The van der Waals surface area contributed by atoms with Crippen LogP contribution in [-0.4, -0.2) is 24.3 Å². The third kappa shape index (κ3) is 6.70. The predicted molar refractivity (Wildman–Crippen MR) is 80.1 cm³/mol. The Labute approximate surface area is 124 Å². The molecule has 1 rings (SSSR count). The number of esters is 1. The first-order valence-corrected chi connectivity index (χ1v) is 6.74. The van der Waals surface area contributed by atoms with Crippen LogP contribution in [0.1, 0.15) is 44.5 Å². The van der Waals surface area contributed by atoms with Gasteiger partial charge in [0.1, 0.15) is 0 Å². The molecule has 5 nitrogen and oxygen atoms in total. The largest absolute Gasteiger partial charge is 0.457 e. The molecular formula is C16H21NO4. The molecule has 1 N–H and O–H groups in total. The van der Waals surface area contributed by atoms with Gasteiger partial charge >= 0.3 is 5.97 Å². The Balaban J connectivity index is 2.52. The van der Waals surface area contributed by atoms with Crippen molar-refractivity contribution >= 4 is 23.3 Å². The second-order valence-corrected chi connectivity index (χ2v) is 6.08. The second kappa shape index (κ2) is 7.02. The fourth-order valence-electron chi connectivity index (χ4n) is 1.66. The van der Waals surface area contributed by atoms with Crippen LogP contribution in [0.3, 0.4) is 0 Å². The van der Waals surface area contributed by atoms with Crippen LogP contribution in [0.15, 0.2) is 24.3 Å². The van der Waals surface area contributed by atoms with Gasteiger partial charge in [0.25, 0.3) is 0 Å². The number of rotatable bonds is 5. The Morgan fingerprint density at radius 1 is 1.10 bits per heavy atom. The van der Waals surface area contributed by atoms with Crippen LogP contribution < -0.4 is 5.32 Å². The lowest BCUT2D eigenvalue weighted by Gasteiger charge is -2.16. The Bertz CT molecular complexity index is 526. The van der Waals surface area contributed by atoms with Gasteiger partial charge in [-0.2, -0.15) is 0 Å². The standard InChI is InChI=1S/C16H21NO4/c1-11(18)17-13-7-5-12(6-8-13)14(19)10-21-15(20)9-16(2,3)4/h5-8H,9-10H2,1-4H3,(H,17,18). The van der Waals surface area contributed by atoms with Crippen LogP contribution in [-0.2, 0) is 14.3 Å². The molecule has 1 amide bonds. The summed E-state index contributed by atoms with van der Waals surface area (Å²) in [6.45, 7) is 6.92. The lowest BCUT2D eigenvalue weighted by atomic mass is 9.92. The number of carbonyl (C=O) groups is 3. The van der Waals surface area contributed by atoms with E-state index in [-0.39, 0.29) is 36.1 Å². The number of hydrogen-bond donors (Lipinski definition) is 1. The molecule has 0 heterocycles. The van der Waals surface area contributed by atoms with Crippen LogP contribution >= 0.6 is 0 Å². The number of Topliss-reactive ketones (excluding diaryl/α,β-unsaturated/α-hetero) is 1. The molecule has 0 saturated carbocycles. The maximum atomic E-state index is 11.9. The van der Waals surface area contributed by atoms with Crippen molar-refractivity contribution in [2.24, 2.45) is 5.41 Å². The molecular weight excluding hydrogens is 270 g/mol. The molecule has 1 aromatic carbocycles. The normalized spacial score (nSPS) is 10.9. The molecule has 1 aromatic rings. The quantitative estimate of drug-likeness (QED) is 0.669. The highest BCUT2D eigenvalue weighted by Crippen LogP contribution is 2.19. The van der Waals surface area contributed by atoms with Crippen molar-refractivity contribution in [2.75, 3.05) is 11.9 Å². The van der Waals surface area contributed by atoms with Crippen molar-refractivity contribution in [3.8, 4) is 0 Å². The topological polar surface area (TPSA) is 72.5 Å². The summed E-state index contributed by atoms with van der Waals surface area (Å²) < 4.78 is 4.97. The number of nitrogens with one attached hydrogen (secondary N) is 1. The van der Waals surface area contributed by atoms with E-state index in [0.29, 0.717) is 11.3 Å². The van der Waals surface area contributed by atoms with Crippen molar-refractivity contribution in [2.45, 2.75) is 34.1 Å². The summed E-state index contributed by atoms with van der Waals surface area (Å²) in [4.78, 5) is 34.3. The molecule has 0 saturated heterocycles. The van der Waals surface area contributed by atoms with E-state index < -0.39 is 0 Å². The van der Waals surface area contributed by atoms with Crippen LogP contribution in [0.2, 0.25) is 0 Å². The summed E-state index contributed by atoms with van der Waals surface area (Å²) in [7, 11) is 0. The highest BCUT2D eigenvalue weighted by atomic mass is 16.5. The first-order chi connectivity index (χ1) is 9.67. The number of ketones is 1. The first kappa shape index (κ1) is 16.9. The summed E-state index contributed by atoms with van der Waals surface area (Å²) in [5, 5.41) is 2.61. The van der Waals surface area contributed by atoms with Crippen molar-refractivity contribution in [1.29, 1.82) is 0 Å². The highest BCUT2D eigenvalue weighted by Gasteiger charge is 2.18. The monoisotopic (exact) mass is 291 g/mol. The SMILES string of the molecule is CC(=O)Nc1ccc(C(=O)COC(=O)CC(C)(C)C)cc1. The fraction of sp³-hybridized carbons (Fsp3) is 0.438. The van der Waals surface area contributed by atoms with E-state index in [2.05, 4.69) is 5.32 Å². The van der Waals surface area contributed by atoms with E-state index in [1.54, 1.807) is 24.3 Å². The maximum absolute atomic E-state index is 11.9. The van der Waals surface area contributed by atoms with Gasteiger partial charge in [0.2, 0.25) is 5.91 Å². The smallest absolute Gasteiger partial charge is 0.306 e. The van der Waals surface area contributed by atoms with Crippen molar-refractivity contribution < 1.29 is 19.1 Å². The van der Waals surface area contributed by atoms with Gasteiger partial charge in [-0.05, 0) is 29.7 Å². The average molecular weight is 291 g/mol. The Morgan fingerprint density at radius 2 is 1.67 bits per heavy atom. The molecule has 0 radical (unpaired) electrons. The molecule has 114 valence electrons. The number of anilines is 1. The molecule has 5 heteroatoms. The minimum atomic E-state index is -0.384. The van der Waals surface area contributed by atoms with Gasteiger partial charge in [0.05, 0.1) is 6.42 Å². The van der Waals surface area contributed by atoms with Gasteiger partial charge in [-0.25, -0.2) is 0 Å².